The maximum atomic E-state index is 12.6. The van der Waals surface area contributed by atoms with Crippen LogP contribution in [0, 0.1) is 5.92 Å². The molecule has 1 heterocycles. The van der Waals surface area contributed by atoms with E-state index in [1.807, 2.05) is 30.3 Å². The van der Waals surface area contributed by atoms with E-state index < -0.39 is 0 Å². The first kappa shape index (κ1) is 22.6. The van der Waals surface area contributed by atoms with Gasteiger partial charge in [0.15, 0.2) is 0 Å². The second-order valence-electron chi connectivity index (χ2n) is 8.12. The molecule has 1 saturated heterocycles. The molecule has 0 bridgehead atoms. The molecular weight excluding hydrogens is 400 g/mol. The number of rotatable bonds is 9. The van der Waals surface area contributed by atoms with Gasteiger partial charge in [-0.25, -0.2) is 0 Å². The quantitative estimate of drug-likeness (QED) is 0.635. The van der Waals surface area contributed by atoms with Gasteiger partial charge in [0.2, 0.25) is 5.91 Å². The molecule has 6 heteroatoms. The third-order valence-corrected chi connectivity index (χ3v) is 5.80. The molecule has 5 nitrogen and oxygen atoms in total. The van der Waals surface area contributed by atoms with Crippen molar-refractivity contribution in [2.75, 3.05) is 26.3 Å². The smallest absolute Gasteiger partial charge is 0.234 e. The van der Waals surface area contributed by atoms with Crippen molar-refractivity contribution in [3.05, 3.63) is 65.7 Å². The highest BCUT2D eigenvalue weighted by atomic mass is 35.5. The Labute approximate surface area is 184 Å². The predicted octanol–water partition coefficient (Wildman–Crippen LogP) is 3.81. The van der Waals surface area contributed by atoms with E-state index in [-0.39, 0.29) is 23.9 Å². The zero-order valence-electron chi connectivity index (χ0n) is 17.3. The summed E-state index contributed by atoms with van der Waals surface area (Å²) in [6.07, 6.45) is 4.14. The van der Waals surface area contributed by atoms with E-state index in [0.717, 1.165) is 42.2 Å². The lowest BCUT2D eigenvalue weighted by molar-refractivity contribution is -0.123. The maximum Gasteiger partial charge on any atom is 0.234 e. The number of amides is 1. The fourth-order valence-electron chi connectivity index (χ4n) is 3.84. The minimum Gasteiger partial charge on any atom is -0.489 e. The van der Waals surface area contributed by atoms with Gasteiger partial charge in [-0.1, -0.05) is 42.5 Å². The molecule has 0 atom stereocenters. The average Bonchev–Trinajstić information content (AvgIpc) is 3.58. The Morgan fingerprint density at radius 3 is 2.40 bits per heavy atom. The topological polar surface area (TPSA) is 59.6 Å². The van der Waals surface area contributed by atoms with Gasteiger partial charge in [-0.05, 0) is 61.4 Å². The molecule has 1 aliphatic heterocycles. The second-order valence-corrected chi connectivity index (χ2v) is 8.12. The maximum absolute atomic E-state index is 12.6. The van der Waals surface area contributed by atoms with Crippen molar-refractivity contribution in [1.29, 1.82) is 0 Å². The lowest BCUT2D eigenvalue weighted by Gasteiger charge is -2.38. The van der Waals surface area contributed by atoms with E-state index >= 15 is 0 Å². The first-order chi connectivity index (χ1) is 14.2. The third kappa shape index (κ3) is 6.21. The normalized spacial score (nSPS) is 17.6. The first-order valence-electron chi connectivity index (χ1n) is 10.6. The molecule has 30 heavy (non-hydrogen) atoms. The minimum atomic E-state index is -0.367. The van der Waals surface area contributed by atoms with Gasteiger partial charge in [-0.15, -0.1) is 12.4 Å². The first-order valence-corrected chi connectivity index (χ1v) is 10.6. The SMILES string of the molecule is Cl.O=C(CNCC1CC1)NC1(c2ccc(OCc3ccccc3)cc2)CCOCC1. The number of carbonyl (C=O) groups is 1. The van der Waals surface area contributed by atoms with Crippen LogP contribution in [0.4, 0.5) is 0 Å². The highest BCUT2D eigenvalue weighted by molar-refractivity contribution is 5.85. The molecule has 1 amide bonds. The summed E-state index contributed by atoms with van der Waals surface area (Å²) in [6, 6.07) is 18.3. The Kier molecular flexibility index (Phi) is 8.14. The summed E-state index contributed by atoms with van der Waals surface area (Å²) >= 11 is 0. The molecule has 2 aliphatic rings. The van der Waals surface area contributed by atoms with Gasteiger partial charge in [0.1, 0.15) is 12.4 Å². The number of hydrogen-bond acceptors (Lipinski definition) is 4. The van der Waals surface area contributed by atoms with Crippen LogP contribution in [-0.2, 0) is 21.7 Å². The fraction of sp³-hybridized carbons (Fsp3) is 0.458. The third-order valence-electron chi connectivity index (χ3n) is 5.80. The summed E-state index contributed by atoms with van der Waals surface area (Å²) in [5.74, 6) is 1.65. The Morgan fingerprint density at radius 2 is 1.73 bits per heavy atom. The summed E-state index contributed by atoms with van der Waals surface area (Å²) in [4.78, 5) is 12.6. The van der Waals surface area contributed by atoms with Crippen LogP contribution >= 0.6 is 12.4 Å². The number of carbonyl (C=O) groups excluding carboxylic acids is 1. The molecular formula is C24H31ClN2O3. The van der Waals surface area contributed by atoms with Crippen LogP contribution in [0.1, 0.15) is 36.8 Å². The van der Waals surface area contributed by atoms with Gasteiger partial charge in [0.05, 0.1) is 12.1 Å². The molecule has 0 unspecified atom stereocenters. The molecule has 0 spiro atoms. The van der Waals surface area contributed by atoms with Crippen molar-refractivity contribution in [2.24, 2.45) is 5.92 Å². The van der Waals surface area contributed by atoms with Gasteiger partial charge in [-0.2, -0.15) is 0 Å². The lowest BCUT2D eigenvalue weighted by atomic mass is 9.82. The summed E-state index contributed by atoms with van der Waals surface area (Å²) in [6.45, 7) is 3.17. The average molecular weight is 431 g/mol. The zero-order valence-corrected chi connectivity index (χ0v) is 18.1. The van der Waals surface area contributed by atoms with Crippen molar-refractivity contribution in [3.63, 3.8) is 0 Å². The van der Waals surface area contributed by atoms with Crippen molar-refractivity contribution >= 4 is 18.3 Å². The summed E-state index contributed by atoms with van der Waals surface area (Å²) in [7, 11) is 0. The zero-order chi connectivity index (χ0) is 19.9. The van der Waals surface area contributed by atoms with Gasteiger partial charge >= 0.3 is 0 Å². The van der Waals surface area contributed by atoms with Crippen LogP contribution in [0.5, 0.6) is 5.75 Å². The molecule has 0 aromatic heterocycles. The summed E-state index contributed by atoms with van der Waals surface area (Å²) in [5, 5.41) is 6.58. The van der Waals surface area contributed by atoms with Crippen molar-refractivity contribution < 1.29 is 14.3 Å². The van der Waals surface area contributed by atoms with E-state index in [4.69, 9.17) is 9.47 Å². The Morgan fingerprint density at radius 1 is 1.03 bits per heavy atom. The molecule has 162 valence electrons. The molecule has 4 rings (SSSR count). The minimum absolute atomic E-state index is 0. The lowest BCUT2D eigenvalue weighted by Crippen LogP contribution is -2.51. The Hall–Kier alpha value is -2.08. The number of nitrogens with one attached hydrogen (secondary N) is 2. The predicted molar refractivity (Wildman–Crippen MR) is 120 cm³/mol. The number of ether oxygens (including phenoxy) is 2. The van der Waals surface area contributed by atoms with E-state index in [9.17, 15) is 4.79 Å². The van der Waals surface area contributed by atoms with Crippen molar-refractivity contribution in [3.8, 4) is 5.75 Å². The van der Waals surface area contributed by atoms with Crippen LogP contribution in [0.25, 0.3) is 0 Å². The standard InChI is InChI=1S/C24H30N2O3.ClH/c27-23(17-25-16-19-6-7-19)26-24(12-14-28-15-13-24)21-8-10-22(11-9-21)29-18-20-4-2-1-3-5-20;/h1-5,8-11,19,25H,6-7,12-18H2,(H,26,27);1H. The number of benzene rings is 2. The molecule has 1 saturated carbocycles. The molecule has 2 aromatic carbocycles. The van der Waals surface area contributed by atoms with Crippen LogP contribution in [-0.4, -0.2) is 32.2 Å². The van der Waals surface area contributed by atoms with E-state index in [1.165, 1.54) is 12.8 Å². The molecule has 1 aliphatic carbocycles. The van der Waals surface area contributed by atoms with Crippen molar-refractivity contribution in [2.45, 2.75) is 37.8 Å². The number of hydrogen-bond donors (Lipinski definition) is 2. The van der Waals surface area contributed by atoms with Crippen LogP contribution in [0.15, 0.2) is 54.6 Å². The Balaban J connectivity index is 0.00000256. The highest BCUT2D eigenvalue weighted by Crippen LogP contribution is 2.33. The van der Waals surface area contributed by atoms with E-state index in [0.29, 0.717) is 26.4 Å². The second kappa shape index (κ2) is 10.8. The molecule has 2 N–H and O–H groups in total. The van der Waals surface area contributed by atoms with Crippen molar-refractivity contribution in [1.82, 2.24) is 10.6 Å². The molecule has 2 aromatic rings. The van der Waals surface area contributed by atoms with E-state index in [2.05, 4.69) is 34.9 Å². The molecule has 0 radical (unpaired) electrons. The van der Waals surface area contributed by atoms with E-state index in [1.54, 1.807) is 0 Å². The van der Waals surface area contributed by atoms with Crippen LogP contribution < -0.4 is 15.4 Å². The fourth-order valence-corrected chi connectivity index (χ4v) is 3.84. The largest absolute Gasteiger partial charge is 0.489 e. The summed E-state index contributed by atoms with van der Waals surface area (Å²) in [5.41, 5.74) is 1.89. The van der Waals surface area contributed by atoms with Crippen LogP contribution in [0.3, 0.4) is 0 Å². The monoisotopic (exact) mass is 430 g/mol. The summed E-state index contributed by atoms with van der Waals surface area (Å²) < 4.78 is 11.5. The number of halogens is 1. The van der Waals surface area contributed by atoms with Crippen LogP contribution in [0.2, 0.25) is 0 Å². The van der Waals surface area contributed by atoms with Gasteiger partial charge in [0.25, 0.3) is 0 Å². The van der Waals surface area contributed by atoms with Gasteiger partial charge in [0, 0.05) is 13.2 Å². The molecule has 2 fully saturated rings. The van der Waals surface area contributed by atoms with Gasteiger partial charge < -0.3 is 20.1 Å². The highest BCUT2D eigenvalue weighted by Gasteiger charge is 2.36. The van der Waals surface area contributed by atoms with Gasteiger partial charge in [-0.3, -0.25) is 4.79 Å². The Bertz CT molecular complexity index is 788.